The van der Waals surface area contributed by atoms with E-state index in [1.807, 2.05) is 50.2 Å². The number of aryl methyl sites for hydroxylation is 2. The fourth-order valence-electron chi connectivity index (χ4n) is 3.16. The molecule has 1 amide bonds. The van der Waals surface area contributed by atoms with Gasteiger partial charge in [-0.15, -0.1) is 0 Å². The molecule has 2 aromatic carbocycles. The molecule has 164 valence electrons. The minimum atomic E-state index is -0.348. The minimum absolute atomic E-state index is 0.170. The van der Waals surface area contributed by atoms with Crippen molar-refractivity contribution in [1.82, 2.24) is 19.6 Å². The van der Waals surface area contributed by atoms with Crippen LogP contribution in [-0.2, 0) is 13.3 Å². The zero-order valence-electron chi connectivity index (χ0n) is 17.5. The summed E-state index contributed by atoms with van der Waals surface area (Å²) in [6, 6.07) is 14.6. The number of carbonyl (C=O) groups is 1. The van der Waals surface area contributed by atoms with E-state index in [1.165, 1.54) is 0 Å². The summed E-state index contributed by atoms with van der Waals surface area (Å²) in [5.74, 6) is 0.790. The molecule has 4 rings (SSSR count). The standard InChI is InChI=1S/C23H21Cl2N5O2/c1-15-11-19(12-16(2)22(15)25)32-14-30-9-7-20(27-30)23(31)26-21-8-10-29(28-21)13-17-3-5-18(24)6-4-17/h3-12H,13-14H2,1-2H3,(H,26,28,31). The van der Waals surface area contributed by atoms with Gasteiger partial charge < -0.3 is 10.1 Å². The molecule has 0 aliphatic heterocycles. The molecule has 32 heavy (non-hydrogen) atoms. The quantitative estimate of drug-likeness (QED) is 0.396. The van der Waals surface area contributed by atoms with Crippen LogP contribution in [0.3, 0.4) is 0 Å². The van der Waals surface area contributed by atoms with Gasteiger partial charge >= 0.3 is 0 Å². The van der Waals surface area contributed by atoms with Crippen molar-refractivity contribution in [1.29, 1.82) is 0 Å². The fraction of sp³-hybridized carbons (Fsp3) is 0.174. The smallest absolute Gasteiger partial charge is 0.277 e. The van der Waals surface area contributed by atoms with Crippen LogP contribution in [0.4, 0.5) is 5.82 Å². The van der Waals surface area contributed by atoms with Gasteiger partial charge in [0.2, 0.25) is 0 Å². The summed E-state index contributed by atoms with van der Waals surface area (Å²) in [7, 11) is 0. The molecule has 0 unspecified atom stereocenters. The van der Waals surface area contributed by atoms with E-state index in [0.29, 0.717) is 23.1 Å². The second kappa shape index (κ2) is 9.46. The molecular formula is C23H21Cl2N5O2. The van der Waals surface area contributed by atoms with E-state index in [0.717, 1.165) is 21.7 Å². The number of nitrogens with zero attached hydrogens (tertiary/aromatic N) is 4. The first-order valence-corrected chi connectivity index (χ1v) is 10.7. The predicted octanol–water partition coefficient (Wildman–Crippen LogP) is 5.34. The summed E-state index contributed by atoms with van der Waals surface area (Å²) in [5.41, 5.74) is 3.21. The third-order valence-corrected chi connectivity index (χ3v) is 5.63. The van der Waals surface area contributed by atoms with Gasteiger partial charge in [-0.2, -0.15) is 10.2 Å². The number of carbonyl (C=O) groups excluding carboxylic acids is 1. The minimum Gasteiger partial charge on any atom is -0.471 e. The maximum absolute atomic E-state index is 12.5. The molecule has 2 heterocycles. The zero-order valence-corrected chi connectivity index (χ0v) is 19.1. The molecule has 0 aliphatic carbocycles. The summed E-state index contributed by atoms with van der Waals surface area (Å²) < 4.78 is 9.06. The lowest BCUT2D eigenvalue weighted by molar-refractivity contribution is 0.101. The van der Waals surface area contributed by atoms with E-state index >= 15 is 0 Å². The van der Waals surface area contributed by atoms with Gasteiger partial charge in [0.25, 0.3) is 5.91 Å². The van der Waals surface area contributed by atoms with E-state index in [2.05, 4.69) is 15.5 Å². The number of amides is 1. The second-order valence-corrected chi connectivity index (χ2v) is 8.18. The first-order valence-electron chi connectivity index (χ1n) is 9.89. The molecule has 0 atom stereocenters. The highest BCUT2D eigenvalue weighted by Crippen LogP contribution is 2.26. The summed E-state index contributed by atoms with van der Waals surface area (Å²) in [4.78, 5) is 12.5. The highest BCUT2D eigenvalue weighted by molar-refractivity contribution is 6.32. The third-order valence-electron chi connectivity index (χ3n) is 4.79. The van der Waals surface area contributed by atoms with Crippen LogP contribution in [0.25, 0.3) is 0 Å². The molecule has 0 radical (unpaired) electrons. The SMILES string of the molecule is Cc1cc(OCn2ccc(C(=O)Nc3ccn(Cc4ccc(Cl)cc4)n3)n2)cc(C)c1Cl. The van der Waals surface area contributed by atoms with Gasteiger partial charge in [-0.1, -0.05) is 35.3 Å². The monoisotopic (exact) mass is 469 g/mol. The number of hydrogen-bond donors (Lipinski definition) is 1. The Balaban J connectivity index is 1.34. The largest absolute Gasteiger partial charge is 0.471 e. The van der Waals surface area contributed by atoms with Gasteiger partial charge in [0.1, 0.15) is 5.75 Å². The van der Waals surface area contributed by atoms with Crippen molar-refractivity contribution in [2.24, 2.45) is 0 Å². The van der Waals surface area contributed by atoms with Gasteiger partial charge in [0.05, 0.1) is 6.54 Å². The van der Waals surface area contributed by atoms with Crippen molar-refractivity contribution in [3.8, 4) is 5.75 Å². The molecule has 0 saturated heterocycles. The molecule has 4 aromatic rings. The van der Waals surface area contributed by atoms with Crippen molar-refractivity contribution < 1.29 is 9.53 Å². The van der Waals surface area contributed by atoms with E-state index in [1.54, 1.807) is 33.9 Å². The molecule has 0 aliphatic rings. The maximum atomic E-state index is 12.5. The zero-order chi connectivity index (χ0) is 22.7. The second-order valence-electron chi connectivity index (χ2n) is 7.36. The Bertz CT molecular complexity index is 1220. The average Bonchev–Trinajstić information content (AvgIpc) is 3.41. The number of halogens is 2. The number of hydrogen-bond acceptors (Lipinski definition) is 4. The first-order chi connectivity index (χ1) is 15.4. The predicted molar refractivity (Wildman–Crippen MR) is 125 cm³/mol. The fourth-order valence-corrected chi connectivity index (χ4v) is 3.39. The van der Waals surface area contributed by atoms with Gasteiger partial charge in [-0.25, -0.2) is 4.68 Å². The molecule has 9 heteroatoms. The molecular weight excluding hydrogens is 449 g/mol. The lowest BCUT2D eigenvalue weighted by Gasteiger charge is -2.10. The summed E-state index contributed by atoms with van der Waals surface area (Å²) in [6.07, 6.45) is 3.48. The van der Waals surface area contributed by atoms with Crippen molar-refractivity contribution >= 4 is 34.9 Å². The lowest BCUT2D eigenvalue weighted by Crippen LogP contribution is -2.15. The van der Waals surface area contributed by atoms with E-state index < -0.39 is 0 Å². The van der Waals surface area contributed by atoms with Gasteiger partial charge in [0, 0.05) is 28.5 Å². The van der Waals surface area contributed by atoms with Gasteiger partial charge in [-0.3, -0.25) is 9.48 Å². The van der Waals surface area contributed by atoms with Crippen LogP contribution in [0.15, 0.2) is 60.9 Å². The number of nitrogens with one attached hydrogen (secondary N) is 1. The molecule has 2 aromatic heterocycles. The number of aromatic nitrogens is 4. The van der Waals surface area contributed by atoms with Crippen molar-refractivity contribution in [2.45, 2.75) is 27.1 Å². The highest BCUT2D eigenvalue weighted by atomic mass is 35.5. The molecule has 0 bridgehead atoms. The molecule has 0 fully saturated rings. The van der Waals surface area contributed by atoms with Gasteiger partial charge in [0.15, 0.2) is 18.2 Å². The third kappa shape index (κ3) is 5.30. The summed E-state index contributed by atoms with van der Waals surface area (Å²) in [6.45, 7) is 4.59. The Kier molecular flexibility index (Phi) is 6.48. The van der Waals surface area contributed by atoms with Crippen molar-refractivity contribution in [3.05, 3.63) is 93.4 Å². The Hall–Kier alpha value is -3.29. The Labute approximate surface area is 195 Å². The van der Waals surface area contributed by atoms with Crippen LogP contribution < -0.4 is 10.1 Å². The van der Waals surface area contributed by atoms with Crippen LogP contribution in [0.2, 0.25) is 10.0 Å². The first kappa shape index (κ1) is 21.9. The normalized spacial score (nSPS) is 10.9. The van der Waals surface area contributed by atoms with E-state index in [9.17, 15) is 4.79 Å². The van der Waals surface area contributed by atoms with E-state index in [4.69, 9.17) is 27.9 Å². The molecule has 1 N–H and O–H groups in total. The van der Waals surface area contributed by atoms with Gasteiger partial charge in [-0.05, 0) is 60.9 Å². The maximum Gasteiger partial charge on any atom is 0.277 e. The molecule has 7 nitrogen and oxygen atoms in total. The number of rotatable bonds is 7. The van der Waals surface area contributed by atoms with Crippen LogP contribution in [0.5, 0.6) is 5.75 Å². The number of benzene rings is 2. The van der Waals surface area contributed by atoms with Crippen LogP contribution >= 0.6 is 23.2 Å². The average molecular weight is 470 g/mol. The number of ether oxygens (including phenoxy) is 1. The lowest BCUT2D eigenvalue weighted by atomic mass is 10.1. The Morgan fingerprint density at radius 3 is 2.38 bits per heavy atom. The molecule has 0 spiro atoms. The van der Waals surface area contributed by atoms with E-state index in [-0.39, 0.29) is 18.3 Å². The Morgan fingerprint density at radius 1 is 0.969 bits per heavy atom. The van der Waals surface area contributed by atoms with Crippen LogP contribution in [0.1, 0.15) is 27.2 Å². The number of anilines is 1. The van der Waals surface area contributed by atoms with Crippen molar-refractivity contribution in [3.63, 3.8) is 0 Å². The summed E-state index contributed by atoms with van der Waals surface area (Å²) >= 11 is 12.1. The van der Waals surface area contributed by atoms with Crippen LogP contribution in [-0.4, -0.2) is 25.5 Å². The van der Waals surface area contributed by atoms with Crippen molar-refractivity contribution in [2.75, 3.05) is 5.32 Å². The Morgan fingerprint density at radius 2 is 1.66 bits per heavy atom. The summed E-state index contributed by atoms with van der Waals surface area (Å²) in [5, 5.41) is 12.8. The highest BCUT2D eigenvalue weighted by Gasteiger charge is 2.12. The topological polar surface area (TPSA) is 74.0 Å². The molecule has 0 saturated carbocycles. The van der Waals surface area contributed by atoms with Crippen LogP contribution in [0, 0.1) is 13.8 Å².